The average molecular weight is 320 g/mol. The van der Waals surface area contributed by atoms with E-state index < -0.39 is 42.3 Å². The maximum absolute atomic E-state index is 11.2. The molecular formula is C14H24O8. The topological polar surface area (TPSA) is 97.4 Å². The molecule has 0 aromatic carbocycles. The van der Waals surface area contributed by atoms with Crippen molar-refractivity contribution < 1.29 is 38.1 Å². The van der Waals surface area contributed by atoms with Gasteiger partial charge in [0.2, 0.25) is 0 Å². The standard InChI is InChI=1S/C14H24O8/c1-8(21-10(3)16)13(18-5)14(19-6)12(22-11(4)17)7-20-9(2)15/h8,12-14H,7H2,1-6H3/t8-,12+,13+,14-/m0/s1. The van der Waals surface area contributed by atoms with E-state index in [0.717, 1.165) is 0 Å². The second-order valence-electron chi connectivity index (χ2n) is 4.67. The number of methoxy groups -OCH3 is 2. The lowest BCUT2D eigenvalue weighted by Crippen LogP contribution is -2.50. The van der Waals surface area contributed by atoms with Crippen molar-refractivity contribution in [2.45, 2.75) is 52.1 Å². The van der Waals surface area contributed by atoms with Crippen LogP contribution in [0.25, 0.3) is 0 Å². The van der Waals surface area contributed by atoms with Crippen molar-refractivity contribution >= 4 is 17.9 Å². The molecule has 0 unspecified atom stereocenters. The van der Waals surface area contributed by atoms with Gasteiger partial charge in [0.05, 0.1) is 0 Å². The highest BCUT2D eigenvalue weighted by Gasteiger charge is 2.37. The van der Waals surface area contributed by atoms with Crippen LogP contribution in [0.3, 0.4) is 0 Å². The molecule has 0 amide bonds. The van der Waals surface area contributed by atoms with Crippen LogP contribution >= 0.6 is 0 Å². The van der Waals surface area contributed by atoms with Gasteiger partial charge in [0.15, 0.2) is 6.10 Å². The van der Waals surface area contributed by atoms with Crippen molar-refractivity contribution in [3.05, 3.63) is 0 Å². The minimum absolute atomic E-state index is 0.194. The Morgan fingerprint density at radius 1 is 0.818 bits per heavy atom. The van der Waals surface area contributed by atoms with Crippen molar-refractivity contribution in [1.29, 1.82) is 0 Å². The van der Waals surface area contributed by atoms with E-state index in [1.807, 2.05) is 0 Å². The second kappa shape index (κ2) is 10.1. The lowest BCUT2D eigenvalue weighted by molar-refractivity contribution is -0.187. The van der Waals surface area contributed by atoms with Crippen LogP contribution in [-0.4, -0.2) is 63.2 Å². The summed E-state index contributed by atoms with van der Waals surface area (Å²) in [7, 11) is 2.80. The molecule has 0 aliphatic carbocycles. The molecule has 0 aromatic heterocycles. The van der Waals surface area contributed by atoms with Crippen LogP contribution in [0.15, 0.2) is 0 Å². The first-order chi connectivity index (χ1) is 10.2. The Balaban J connectivity index is 5.15. The number of esters is 3. The fourth-order valence-corrected chi connectivity index (χ4v) is 2.03. The molecule has 8 nitrogen and oxygen atoms in total. The first-order valence-corrected chi connectivity index (χ1v) is 6.76. The van der Waals surface area contributed by atoms with E-state index in [9.17, 15) is 14.4 Å². The van der Waals surface area contributed by atoms with Gasteiger partial charge < -0.3 is 23.7 Å². The molecule has 0 saturated heterocycles. The fraction of sp³-hybridized carbons (Fsp3) is 0.786. The van der Waals surface area contributed by atoms with Crippen LogP contribution in [0.4, 0.5) is 0 Å². The van der Waals surface area contributed by atoms with Gasteiger partial charge in [-0.15, -0.1) is 0 Å². The van der Waals surface area contributed by atoms with Crippen molar-refractivity contribution in [3.63, 3.8) is 0 Å². The number of carbonyl (C=O) groups is 3. The van der Waals surface area contributed by atoms with E-state index in [1.54, 1.807) is 6.92 Å². The SMILES string of the molecule is CO[C@H]([C@H](OC)[C@H](C)OC(C)=O)[C@@H](COC(C)=O)OC(C)=O. The predicted octanol–water partition coefficient (Wildman–Crippen LogP) is 0.463. The Labute approximate surface area is 130 Å². The molecule has 0 bridgehead atoms. The highest BCUT2D eigenvalue weighted by atomic mass is 16.6. The Hall–Kier alpha value is -1.67. The Morgan fingerprint density at radius 3 is 1.68 bits per heavy atom. The van der Waals surface area contributed by atoms with E-state index >= 15 is 0 Å². The van der Waals surface area contributed by atoms with Crippen molar-refractivity contribution in [2.75, 3.05) is 20.8 Å². The molecule has 0 heterocycles. The molecule has 0 aliphatic rings. The van der Waals surface area contributed by atoms with Crippen LogP contribution in [0, 0.1) is 0 Å². The quantitative estimate of drug-likeness (QED) is 0.446. The molecule has 22 heavy (non-hydrogen) atoms. The van der Waals surface area contributed by atoms with Crippen molar-refractivity contribution in [1.82, 2.24) is 0 Å². The molecule has 4 atom stereocenters. The average Bonchev–Trinajstić information content (AvgIpc) is 2.39. The first-order valence-electron chi connectivity index (χ1n) is 6.76. The number of carbonyl (C=O) groups excluding carboxylic acids is 3. The predicted molar refractivity (Wildman–Crippen MR) is 75.0 cm³/mol. The third-order valence-corrected chi connectivity index (χ3v) is 2.82. The summed E-state index contributed by atoms with van der Waals surface area (Å²) in [6.07, 6.45) is -3.05. The second-order valence-corrected chi connectivity index (χ2v) is 4.67. The lowest BCUT2D eigenvalue weighted by Gasteiger charge is -2.33. The fourth-order valence-electron chi connectivity index (χ4n) is 2.03. The van der Waals surface area contributed by atoms with Gasteiger partial charge in [-0.05, 0) is 6.92 Å². The van der Waals surface area contributed by atoms with Gasteiger partial charge in [-0.25, -0.2) is 0 Å². The molecule has 0 rings (SSSR count). The van der Waals surface area contributed by atoms with Crippen LogP contribution in [0.5, 0.6) is 0 Å². The van der Waals surface area contributed by atoms with Crippen LogP contribution in [0.2, 0.25) is 0 Å². The summed E-state index contributed by atoms with van der Waals surface area (Å²) in [6, 6.07) is 0. The zero-order valence-corrected chi connectivity index (χ0v) is 13.8. The maximum atomic E-state index is 11.2. The highest BCUT2D eigenvalue weighted by molar-refractivity contribution is 5.67. The van der Waals surface area contributed by atoms with Gasteiger partial charge in [-0.2, -0.15) is 0 Å². The summed E-state index contributed by atoms with van der Waals surface area (Å²) in [4.78, 5) is 33.3. The zero-order chi connectivity index (χ0) is 17.3. The number of hydrogen-bond acceptors (Lipinski definition) is 8. The Morgan fingerprint density at radius 2 is 1.32 bits per heavy atom. The summed E-state index contributed by atoms with van der Waals surface area (Å²) >= 11 is 0. The number of ether oxygens (including phenoxy) is 5. The lowest BCUT2D eigenvalue weighted by atomic mass is 10.0. The van der Waals surface area contributed by atoms with Gasteiger partial charge in [0.25, 0.3) is 0 Å². The van der Waals surface area contributed by atoms with Crippen LogP contribution in [-0.2, 0) is 38.1 Å². The molecule has 8 heteroatoms. The van der Waals surface area contributed by atoms with E-state index in [1.165, 1.54) is 35.0 Å². The van der Waals surface area contributed by atoms with Gasteiger partial charge in [-0.3, -0.25) is 14.4 Å². The highest BCUT2D eigenvalue weighted by Crippen LogP contribution is 2.17. The third-order valence-electron chi connectivity index (χ3n) is 2.82. The molecule has 0 N–H and O–H groups in total. The normalized spacial score (nSPS) is 16.1. The maximum Gasteiger partial charge on any atom is 0.303 e. The third kappa shape index (κ3) is 7.37. The van der Waals surface area contributed by atoms with Crippen LogP contribution < -0.4 is 0 Å². The summed E-state index contributed by atoms with van der Waals surface area (Å²) in [6.45, 7) is 5.17. The molecule has 0 radical (unpaired) electrons. The summed E-state index contributed by atoms with van der Waals surface area (Å²) in [5.41, 5.74) is 0. The molecule has 0 saturated carbocycles. The smallest absolute Gasteiger partial charge is 0.303 e. The minimum atomic E-state index is -0.894. The van der Waals surface area contributed by atoms with Gasteiger partial charge in [0.1, 0.15) is 24.9 Å². The molecule has 0 spiro atoms. The number of hydrogen-bond donors (Lipinski definition) is 0. The van der Waals surface area contributed by atoms with Gasteiger partial charge >= 0.3 is 17.9 Å². The van der Waals surface area contributed by atoms with Gasteiger partial charge in [0, 0.05) is 35.0 Å². The minimum Gasteiger partial charge on any atom is -0.462 e. The number of rotatable bonds is 9. The summed E-state index contributed by atoms with van der Waals surface area (Å²) in [5, 5.41) is 0. The largest absolute Gasteiger partial charge is 0.462 e. The molecule has 128 valence electrons. The monoisotopic (exact) mass is 320 g/mol. The van der Waals surface area contributed by atoms with E-state index in [-0.39, 0.29) is 6.61 Å². The summed E-state index contributed by atoms with van der Waals surface area (Å²) in [5.74, 6) is -1.56. The zero-order valence-electron chi connectivity index (χ0n) is 13.8. The Kier molecular flexibility index (Phi) is 9.35. The van der Waals surface area contributed by atoms with Crippen molar-refractivity contribution in [2.24, 2.45) is 0 Å². The van der Waals surface area contributed by atoms with Crippen molar-refractivity contribution in [3.8, 4) is 0 Å². The van der Waals surface area contributed by atoms with E-state index in [4.69, 9.17) is 23.7 Å². The van der Waals surface area contributed by atoms with Gasteiger partial charge in [-0.1, -0.05) is 0 Å². The molecule has 0 aromatic rings. The van der Waals surface area contributed by atoms with E-state index in [0.29, 0.717) is 0 Å². The van der Waals surface area contributed by atoms with Crippen LogP contribution in [0.1, 0.15) is 27.7 Å². The molecule has 0 fully saturated rings. The summed E-state index contributed by atoms with van der Waals surface area (Å²) < 4.78 is 25.7. The molecular weight excluding hydrogens is 296 g/mol. The molecule has 0 aliphatic heterocycles. The first kappa shape index (κ1) is 20.3. The Bertz CT molecular complexity index is 381. The van der Waals surface area contributed by atoms with E-state index in [2.05, 4.69) is 0 Å².